The minimum absolute atomic E-state index is 0.0680. The van der Waals surface area contributed by atoms with Gasteiger partial charge in [-0.3, -0.25) is 0 Å². The Balaban J connectivity index is 1.22. The molecule has 0 aromatic heterocycles. The number of ether oxygens (including phenoxy) is 3. The van der Waals surface area contributed by atoms with Crippen molar-refractivity contribution in [1.29, 1.82) is 0 Å². The largest absolute Gasteiger partial charge is 0.373 e. The van der Waals surface area contributed by atoms with Crippen molar-refractivity contribution < 1.29 is 23.0 Å². The van der Waals surface area contributed by atoms with Crippen LogP contribution in [-0.2, 0) is 14.2 Å². The third-order valence-electron chi connectivity index (χ3n) is 7.35. The molecule has 0 radical (unpaired) electrons. The van der Waals surface area contributed by atoms with Crippen molar-refractivity contribution in [1.82, 2.24) is 0 Å². The Morgan fingerprint density at radius 3 is 2.17 bits per heavy atom. The van der Waals surface area contributed by atoms with Crippen molar-refractivity contribution in [2.24, 2.45) is 23.7 Å². The number of allylic oxidation sites excluding steroid dienone is 2. The summed E-state index contributed by atoms with van der Waals surface area (Å²) in [5, 5.41) is 0. The van der Waals surface area contributed by atoms with Crippen LogP contribution in [0.2, 0.25) is 0 Å². The molecule has 5 heteroatoms. The van der Waals surface area contributed by atoms with E-state index in [2.05, 4.69) is 6.08 Å². The molecule has 0 bridgehead atoms. The van der Waals surface area contributed by atoms with E-state index in [-0.39, 0.29) is 18.3 Å². The van der Waals surface area contributed by atoms with Crippen LogP contribution in [0, 0.1) is 23.7 Å². The maximum atomic E-state index is 12.4. The van der Waals surface area contributed by atoms with Gasteiger partial charge in [0.2, 0.25) is 0 Å². The predicted molar refractivity (Wildman–Crippen MR) is 115 cm³/mol. The van der Waals surface area contributed by atoms with Crippen LogP contribution in [0.15, 0.2) is 24.3 Å². The Bertz CT molecular complexity index is 523. The molecule has 2 saturated carbocycles. The van der Waals surface area contributed by atoms with E-state index in [0.717, 1.165) is 62.9 Å². The van der Waals surface area contributed by atoms with Crippen molar-refractivity contribution in [3.8, 4) is 0 Å². The number of hydrogen-bond acceptors (Lipinski definition) is 3. The third kappa shape index (κ3) is 8.05. The van der Waals surface area contributed by atoms with Crippen LogP contribution in [-0.4, -0.2) is 32.2 Å². The molecule has 30 heavy (non-hydrogen) atoms. The van der Waals surface area contributed by atoms with Gasteiger partial charge in [0.05, 0.1) is 13.2 Å². The van der Waals surface area contributed by atoms with E-state index in [9.17, 15) is 8.78 Å². The van der Waals surface area contributed by atoms with Crippen molar-refractivity contribution in [3.05, 3.63) is 24.3 Å². The highest BCUT2D eigenvalue weighted by atomic mass is 19.3. The molecule has 0 unspecified atom stereocenters. The fourth-order valence-electron chi connectivity index (χ4n) is 5.54. The van der Waals surface area contributed by atoms with Crippen LogP contribution in [0.4, 0.5) is 8.78 Å². The number of hydrogen-bond donors (Lipinski definition) is 0. The third-order valence-corrected chi connectivity index (χ3v) is 7.35. The first-order valence-electron chi connectivity index (χ1n) is 12.1. The van der Waals surface area contributed by atoms with E-state index >= 15 is 0 Å². The first-order valence-corrected chi connectivity index (χ1v) is 12.1. The molecule has 0 amide bonds. The highest BCUT2D eigenvalue weighted by Crippen LogP contribution is 2.42. The average Bonchev–Trinajstić information content (AvgIpc) is 2.77. The van der Waals surface area contributed by atoms with Crippen molar-refractivity contribution in [2.75, 3.05) is 19.8 Å². The molecule has 1 heterocycles. The molecule has 3 aliphatic rings. The lowest BCUT2D eigenvalue weighted by atomic mass is 9.69. The summed E-state index contributed by atoms with van der Waals surface area (Å²) < 4.78 is 42.2. The summed E-state index contributed by atoms with van der Waals surface area (Å²) >= 11 is 0. The summed E-state index contributed by atoms with van der Waals surface area (Å²) in [5.74, 6) is 2.53. The Labute approximate surface area is 181 Å². The number of rotatable bonds is 9. The van der Waals surface area contributed by atoms with Crippen molar-refractivity contribution in [2.45, 2.75) is 89.9 Å². The topological polar surface area (TPSA) is 27.7 Å². The Morgan fingerprint density at radius 1 is 0.933 bits per heavy atom. The van der Waals surface area contributed by atoms with Gasteiger partial charge in [-0.05, 0) is 88.0 Å². The zero-order valence-corrected chi connectivity index (χ0v) is 18.6. The standard InChI is InChI=1S/C25H40F2O3/c1-2-3-6-25-29-17-23(18-30-25)28-15-4-5-19-7-11-21(12-8-19)22-13-9-20(10-14-22)16-24(26)27/h2-3,16,19-23,25H,4-15,17-18H2,1H3/b3-2+. The summed E-state index contributed by atoms with van der Waals surface area (Å²) in [5.41, 5.74) is 0. The van der Waals surface area contributed by atoms with E-state index in [1.54, 1.807) is 0 Å². The first kappa shape index (κ1) is 23.9. The Kier molecular flexibility index (Phi) is 10.3. The molecular formula is C25H40F2O3. The second-order valence-corrected chi connectivity index (χ2v) is 9.45. The summed E-state index contributed by atoms with van der Waals surface area (Å²) in [6, 6.07) is 0. The monoisotopic (exact) mass is 426 g/mol. The molecule has 3 nitrogen and oxygen atoms in total. The zero-order chi connectivity index (χ0) is 21.2. The van der Waals surface area contributed by atoms with Gasteiger partial charge in [-0.1, -0.05) is 25.0 Å². The normalized spacial score (nSPS) is 35.4. The van der Waals surface area contributed by atoms with E-state index in [1.165, 1.54) is 38.2 Å². The Hall–Kier alpha value is -0.780. The van der Waals surface area contributed by atoms with Gasteiger partial charge >= 0.3 is 0 Å². The molecular weight excluding hydrogens is 386 g/mol. The van der Waals surface area contributed by atoms with Crippen LogP contribution in [0.25, 0.3) is 0 Å². The van der Waals surface area contributed by atoms with Crippen LogP contribution in [0.1, 0.15) is 77.6 Å². The maximum absolute atomic E-state index is 12.4. The minimum atomic E-state index is -1.50. The molecule has 0 atom stereocenters. The van der Waals surface area contributed by atoms with Gasteiger partial charge in [-0.25, -0.2) is 0 Å². The molecule has 0 aromatic carbocycles. The molecule has 3 rings (SSSR count). The highest BCUT2D eigenvalue weighted by Gasteiger charge is 2.30. The lowest BCUT2D eigenvalue weighted by Crippen LogP contribution is -2.37. The Morgan fingerprint density at radius 2 is 1.57 bits per heavy atom. The van der Waals surface area contributed by atoms with Gasteiger partial charge in [0.25, 0.3) is 6.08 Å². The molecule has 1 aliphatic heterocycles. The lowest BCUT2D eigenvalue weighted by molar-refractivity contribution is -0.224. The van der Waals surface area contributed by atoms with Crippen LogP contribution in [0.5, 0.6) is 0 Å². The summed E-state index contributed by atoms with van der Waals surface area (Å²) in [6.07, 6.45) is 16.4. The predicted octanol–water partition coefficient (Wildman–Crippen LogP) is 6.88. The highest BCUT2D eigenvalue weighted by molar-refractivity contribution is 4.92. The average molecular weight is 427 g/mol. The van der Waals surface area contributed by atoms with Crippen molar-refractivity contribution >= 4 is 0 Å². The van der Waals surface area contributed by atoms with Crippen molar-refractivity contribution in [3.63, 3.8) is 0 Å². The molecule has 0 spiro atoms. The molecule has 172 valence electrons. The minimum Gasteiger partial charge on any atom is -0.373 e. The molecule has 0 aromatic rings. The molecule has 2 aliphatic carbocycles. The van der Waals surface area contributed by atoms with E-state index < -0.39 is 6.08 Å². The van der Waals surface area contributed by atoms with Gasteiger partial charge in [0.15, 0.2) is 6.29 Å². The second kappa shape index (κ2) is 12.9. The van der Waals surface area contributed by atoms with Crippen LogP contribution >= 0.6 is 0 Å². The van der Waals surface area contributed by atoms with Gasteiger partial charge in [-0.15, -0.1) is 0 Å². The second-order valence-electron chi connectivity index (χ2n) is 9.45. The van der Waals surface area contributed by atoms with Gasteiger partial charge < -0.3 is 14.2 Å². The van der Waals surface area contributed by atoms with Gasteiger partial charge in [0.1, 0.15) is 6.10 Å². The van der Waals surface area contributed by atoms with E-state index in [1.807, 2.05) is 13.0 Å². The quantitative estimate of drug-likeness (QED) is 0.297. The number of halogens is 2. The fraction of sp³-hybridized carbons (Fsp3) is 0.840. The maximum Gasteiger partial charge on any atom is 0.266 e. The SMILES string of the molecule is C/C=C/CC1OCC(OCCCC2CCC(C3CCC(C=C(F)F)CC3)CC2)CO1. The smallest absolute Gasteiger partial charge is 0.266 e. The summed E-state index contributed by atoms with van der Waals surface area (Å²) in [7, 11) is 0. The van der Waals surface area contributed by atoms with Crippen LogP contribution < -0.4 is 0 Å². The fourth-order valence-corrected chi connectivity index (χ4v) is 5.54. The molecule has 3 fully saturated rings. The van der Waals surface area contributed by atoms with Gasteiger partial charge in [0, 0.05) is 13.0 Å². The summed E-state index contributed by atoms with van der Waals surface area (Å²) in [4.78, 5) is 0. The summed E-state index contributed by atoms with van der Waals surface area (Å²) in [6.45, 7) is 4.05. The van der Waals surface area contributed by atoms with E-state index in [0.29, 0.717) is 13.2 Å². The lowest BCUT2D eigenvalue weighted by Gasteiger charge is -2.37. The van der Waals surface area contributed by atoms with Crippen LogP contribution in [0.3, 0.4) is 0 Å². The van der Waals surface area contributed by atoms with Gasteiger partial charge in [-0.2, -0.15) is 8.78 Å². The zero-order valence-electron chi connectivity index (χ0n) is 18.6. The first-order chi connectivity index (χ1) is 14.6. The van der Waals surface area contributed by atoms with E-state index in [4.69, 9.17) is 14.2 Å². The molecule has 0 N–H and O–H groups in total. The molecule has 1 saturated heterocycles.